The van der Waals surface area contributed by atoms with Crippen LogP contribution in [0.25, 0.3) is 0 Å². The molecule has 3 rings (SSSR count). The summed E-state index contributed by atoms with van der Waals surface area (Å²) in [5, 5.41) is 6.96. The third kappa shape index (κ3) is 4.70. The highest BCUT2D eigenvalue weighted by Gasteiger charge is 2.07. The number of para-hydroxylation sites is 1. The molecular weight excluding hydrogens is 382 g/mol. The van der Waals surface area contributed by atoms with E-state index < -0.39 is 0 Å². The van der Waals surface area contributed by atoms with Crippen molar-refractivity contribution in [1.82, 2.24) is 15.1 Å². The number of hydrogen-bond donors (Lipinski definition) is 1. The zero-order valence-corrected chi connectivity index (χ0v) is 15.4. The minimum atomic E-state index is -0.109. The lowest BCUT2D eigenvalue weighted by atomic mass is 10.1. The molecule has 1 N–H and O–H groups in total. The zero-order chi connectivity index (χ0) is 17.6. The lowest BCUT2D eigenvalue weighted by Gasteiger charge is -2.09. The summed E-state index contributed by atoms with van der Waals surface area (Å²) < 4.78 is 8.40. The van der Waals surface area contributed by atoms with E-state index in [0.29, 0.717) is 18.7 Å². The molecule has 0 fully saturated rings. The van der Waals surface area contributed by atoms with Gasteiger partial charge in [-0.2, -0.15) is 5.10 Å². The van der Waals surface area contributed by atoms with Crippen LogP contribution in [0, 0.1) is 0 Å². The van der Waals surface area contributed by atoms with Crippen LogP contribution >= 0.6 is 15.9 Å². The van der Waals surface area contributed by atoms with Gasteiger partial charge in [0, 0.05) is 30.9 Å². The Labute approximate surface area is 154 Å². The molecule has 1 aromatic heterocycles. The first kappa shape index (κ1) is 17.2. The number of nitrogens with zero attached hydrogens (tertiary/aromatic N) is 2. The summed E-state index contributed by atoms with van der Waals surface area (Å²) in [6.07, 6.45) is 3.62. The molecule has 128 valence electrons. The first-order chi connectivity index (χ1) is 12.1. The molecule has 0 aliphatic carbocycles. The van der Waals surface area contributed by atoms with E-state index in [4.69, 9.17) is 4.74 Å². The molecule has 2 aromatic carbocycles. The van der Waals surface area contributed by atoms with Crippen LogP contribution < -0.4 is 10.1 Å². The Morgan fingerprint density at radius 1 is 1.16 bits per heavy atom. The van der Waals surface area contributed by atoms with Crippen LogP contribution in [0.3, 0.4) is 0 Å². The van der Waals surface area contributed by atoms with Crippen molar-refractivity contribution in [2.75, 3.05) is 0 Å². The zero-order valence-electron chi connectivity index (χ0n) is 13.8. The number of rotatable bonds is 6. The SMILES string of the molecule is Cn1cc(CNC(=O)c2ccc(COc3ccccc3Br)cc2)cn1. The maximum absolute atomic E-state index is 12.2. The molecule has 0 saturated carbocycles. The van der Waals surface area contributed by atoms with Crippen LogP contribution in [0.4, 0.5) is 0 Å². The van der Waals surface area contributed by atoms with Gasteiger partial charge in [-0.3, -0.25) is 9.48 Å². The molecule has 1 heterocycles. The van der Waals surface area contributed by atoms with Crippen LogP contribution in [-0.4, -0.2) is 15.7 Å². The van der Waals surface area contributed by atoms with Gasteiger partial charge >= 0.3 is 0 Å². The van der Waals surface area contributed by atoms with Gasteiger partial charge in [0.15, 0.2) is 0 Å². The Hall–Kier alpha value is -2.60. The van der Waals surface area contributed by atoms with Crippen molar-refractivity contribution < 1.29 is 9.53 Å². The van der Waals surface area contributed by atoms with E-state index in [2.05, 4.69) is 26.3 Å². The number of carbonyl (C=O) groups excluding carboxylic acids is 1. The molecule has 3 aromatic rings. The molecule has 0 saturated heterocycles. The molecule has 0 bridgehead atoms. The van der Waals surface area contributed by atoms with Gasteiger partial charge in [-0.1, -0.05) is 24.3 Å². The molecule has 0 unspecified atom stereocenters. The monoisotopic (exact) mass is 399 g/mol. The van der Waals surface area contributed by atoms with E-state index in [9.17, 15) is 4.79 Å². The minimum absolute atomic E-state index is 0.109. The maximum atomic E-state index is 12.2. The Balaban J connectivity index is 1.54. The Kier molecular flexibility index (Phi) is 5.50. The lowest BCUT2D eigenvalue weighted by Crippen LogP contribution is -2.22. The van der Waals surface area contributed by atoms with Crippen molar-refractivity contribution in [2.45, 2.75) is 13.2 Å². The number of nitrogens with one attached hydrogen (secondary N) is 1. The molecule has 0 aliphatic rings. The minimum Gasteiger partial charge on any atom is -0.488 e. The largest absolute Gasteiger partial charge is 0.488 e. The van der Waals surface area contributed by atoms with Crippen molar-refractivity contribution in [2.24, 2.45) is 7.05 Å². The number of benzene rings is 2. The van der Waals surface area contributed by atoms with Crippen LogP contribution in [0.1, 0.15) is 21.5 Å². The van der Waals surface area contributed by atoms with Crippen LogP contribution in [0.5, 0.6) is 5.75 Å². The van der Waals surface area contributed by atoms with E-state index >= 15 is 0 Å². The summed E-state index contributed by atoms with van der Waals surface area (Å²) in [4.78, 5) is 12.2. The van der Waals surface area contributed by atoms with Gasteiger partial charge in [-0.25, -0.2) is 0 Å². The summed E-state index contributed by atoms with van der Waals surface area (Å²) in [5.41, 5.74) is 2.59. The van der Waals surface area contributed by atoms with Crippen LogP contribution in [0.2, 0.25) is 0 Å². The number of amides is 1. The highest BCUT2D eigenvalue weighted by molar-refractivity contribution is 9.10. The number of aromatic nitrogens is 2. The maximum Gasteiger partial charge on any atom is 0.251 e. The van der Waals surface area contributed by atoms with Gasteiger partial charge < -0.3 is 10.1 Å². The number of ether oxygens (including phenoxy) is 1. The van der Waals surface area contributed by atoms with Gasteiger partial charge in [0.25, 0.3) is 5.91 Å². The van der Waals surface area contributed by atoms with E-state index in [-0.39, 0.29) is 5.91 Å². The van der Waals surface area contributed by atoms with Crippen molar-refractivity contribution in [3.05, 3.63) is 82.1 Å². The summed E-state index contributed by atoms with van der Waals surface area (Å²) in [6, 6.07) is 15.1. The van der Waals surface area contributed by atoms with Crippen molar-refractivity contribution in [3.63, 3.8) is 0 Å². The number of carbonyl (C=O) groups is 1. The molecule has 6 heteroatoms. The summed E-state index contributed by atoms with van der Waals surface area (Å²) >= 11 is 3.45. The molecule has 0 aliphatic heterocycles. The normalized spacial score (nSPS) is 10.5. The van der Waals surface area contributed by atoms with Crippen molar-refractivity contribution >= 4 is 21.8 Å². The fourth-order valence-corrected chi connectivity index (χ4v) is 2.72. The first-order valence-electron chi connectivity index (χ1n) is 7.84. The standard InChI is InChI=1S/C19H18BrN3O2/c1-23-12-15(11-22-23)10-21-19(24)16-8-6-14(7-9-16)13-25-18-5-3-2-4-17(18)20/h2-9,11-12H,10,13H2,1H3,(H,21,24). The average molecular weight is 400 g/mol. The predicted octanol–water partition coefficient (Wildman–Crippen LogP) is 3.69. The third-order valence-corrected chi connectivity index (χ3v) is 4.31. The summed E-state index contributed by atoms with van der Waals surface area (Å²) in [6.45, 7) is 0.903. The van der Waals surface area contributed by atoms with E-state index in [0.717, 1.165) is 21.3 Å². The molecule has 25 heavy (non-hydrogen) atoms. The molecular formula is C19H18BrN3O2. The van der Waals surface area contributed by atoms with Gasteiger partial charge in [0.05, 0.1) is 10.7 Å². The fourth-order valence-electron chi connectivity index (χ4n) is 2.32. The third-order valence-electron chi connectivity index (χ3n) is 3.66. The predicted molar refractivity (Wildman–Crippen MR) is 99.3 cm³/mol. The van der Waals surface area contributed by atoms with Crippen LogP contribution in [-0.2, 0) is 20.2 Å². The molecule has 0 spiro atoms. The van der Waals surface area contributed by atoms with Gasteiger partial charge in [0.1, 0.15) is 12.4 Å². The lowest BCUT2D eigenvalue weighted by molar-refractivity contribution is 0.0951. The second kappa shape index (κ2) is 7.98. The van der Waals surface area contributed by atoms with Crippen molar-refractivity contribution in [1.29, 1.82) is 0 Å². The second-order valence-corrected chi connectivity index (χ2v) is 6.48. The van der Waals surface area contributed by atoms with Gasteiger partial charge in [0.2, 0.25) is 0 Å². The van der Waals surface area contributed by atoms with E-state index in [1.54, 1.807) is 23.0 Å². The smallest absolute Gasteiger partial charge is 0.251 e. The first-order valence-corrected chi connectivity index (χ1v) is 8.63. The summed E-state index contributed by atoms with van der Waals surface area (Å²) in [5.74, 6) is 0.683. The highest BCUT2D eigenvalue weighted by atomic mass is 79.9. The van der Waals surface area contributed by atoms with E-state index in [1.165, 1.54) is 0 Å². The Bertz CT molecular complexity index is 859. The highest BCUT2D eigenvalue weighted by Crippen LogP contribution is 2.24. The molecule has 1 amide bonds. The number of hydrogen-bond acceptors (Lipinski definition) is 3. The van der Waals surface area contributed by atoms with Crippen LogP contribution in [0.15, 0.2) is 65.4 Å². The average Bonchev–Trinajstić information content (AvgIpc) is 3.05. The van der Waals surface area contributed by atoms with Gasteiger partial charge in [-0.15, -0.1) is 0 Å². The quantitative estimate of drug-likeness (QED) is 0.687. The summed E-state index contributed by atoms with van der Waals surface area (Å²) in [7, 11) is 1.85. The molecule has 0 atom stereocenters. The Morgan fingerprint density at radius 3 is 2.60 bits per heavy atom. The van der Waals surface area contributed by atoms with E-state index in [1.807, 2.05) is 49.6 Å². The molecule has 5 nitrogen and oxygen atoms in total. The Morgan fingerprint density at radius 2 is 1.92 bits per heavy atom. The fraction of sp³-hybridized carbons (Fsp3) is 0.158. The number of aryl methyl sites for hydroxylation is 1. The topological polar surface area (TPSA) is 56.2 Å². The van der Waals surface area contributed by atoms with Gasteiger partial charge in [-0.05, 0) is 45.8 Å². The molecule has 0 radical (unpaired) electrons. The second-order valence-electron chi connectivity index (χ2n) is 5.62. The number of halogens is 1. The van der Waals surface area contributed by atoms with Crippen molar-refractivity contribution in [3.8, 4) is 5.75 Å².